The molecule has 0 saturated heterocycles. The van der Waals surface area contributed by atoms with Gasteiger partial charge in [-0.05, 0) is 46.2 Å². The molecule has 1 rings (SSSR count). The number of rotatable bonds is 6. The average Bonchev–Trinajstić information content (AvgIpc) is 2.34. The van der Waals surface area contributed by atoms with Crippen molar-refractivity contribution in [3.8, 4) is 0 Å². The number of anilines is 1. The van der Waals surface area contributed by atoms with Crippen LogP contribution in [0.1, 0.15) is 38.8 Å². The van der Waals surface area contributed by atoms with Crippen LogP contribution in [0.15, 0.2) is 12.3 Å². The molecule has 109 valence electrons. The first kappa shape index (κ1) is 16.7. The van der Waals surface area contributed by atoms with Crippen LogP contribution in [-0.4, -0.2) is 41.4 Å². The molecule has 3 N–H and O–H groups in total. The zero-order chi connectivity index (χ0) is 15.6. The third-order valence-corrected chi connectivity index (χ3v) is 3.50. The predicted octanol–water partition coefficient (Wildman–Crippen LogP) is 1.94. The number of nitrogens with one attached hydrogen (secondary N) is 2. The minimum Gasteiger partial charge on any atom is -0.425 e. The molecule has 0 aliphatic rings. The van der Waals surface area contributed by atoms with E-state index in [1.54, 1.807) is 40.9 Å². The lowest BCUT2D eigenvalue weighted by Gasteiger charge is -2.37. The molecular formula is C14H23BN3O2. The lowest BCUT2D eigenvalue weighted by Crippen LogP contribution is -2.48. The van der Waals surface area contributed by atoms with Gasteiger partial charge in [-0.25, -0.2) is 4.98 Å². The number of aliphatic hydroxyl groups is 1. The zero-order valence-corrected chi connectivity index (χ0v) is 13.0. The smallest absolute Gasteiger partial charge is 0.351 e. The van der Waals surface area contributed by atoms with Gasteiger partial charge >= 0.3 is 7.48 Å². The molecule has 0 aliphatic carbocycles. The van der Waals surface area contributed by atoms with Gasteiger partial charge in [0.1, 0.15) is 5.82 Å². The zero-order valence-electron chi connectivity index (χ0n) is 13.0. The van der Waals surface area contributed by atoms with Crippen LogP contribution in [-0.2, 0) is 4.65 Å². The van der Waals surface area contributed by atoms with Crippen LogP contribution in [0.2, 0.25) is 0 Å². The molecule has 0 saturated carbocycles. The first-order valence-corrected chi connectivity index (χ1v) is 6.55. The minimum absolute atomic E-state index is 0.211. The van der Waals surface area contributed by atoms with Crippen LogP contribution in [0.4, 0.5) is 5.82 Å². The highest BCUT2D eigenvalue weighted by molar-refractivity contribution is 6.74. The Labute approximate surface area is 121 Å². The Morgan fingerprint density at radius 2 is 2.00 bits per heavy atom. The van der Waals surface area contributed by atoms with Crippen molar-refractivity contribution in [1.29, 1.82) is 5.41 Å². The van der Waals surface area contributed by atoms with Gasteiger partial charge in [-0.3, -0.25) is 0 Å². The Kier molecular flexibility index (Phi) is 4.94. The average molecular weight is 276 g/mol. The van der Waals surface area contributed by atoms with E-state index in [9.17, 15) is 5.11 Å². The van der Waals surface area contributed by atoms with Crippen LogP contribution in [0, 0.1) is 12.3 Å². The first-order chi connectivity index (χ1) is 9.08. The molecule has 1 heterocycles. The van der Waals surface area contributed by atoms with E-state index >= 15 is 0 Å². The SMILES string of the molecule is CNc1ncc(C)cc1C(=N)[B]OC(C)(C)C(C)(C)O. The van der Waals surface area contributed by atoms with E-state index in [1.165, 1.54) is 7.48 Å². The van der Waals surface area contributed by atoms with Gasteiger partial charge in [-0.1, -0.05) is 0 Å². The Bertz CT molecular complexity index is 496. The maximum Gasteiger partial charge on any atom is 0.351 e. The predicted molar refractivity (Wildman–Crippen MR) is 82.6 cm³/mol. The fourth-order valence-electron chi connectivity index (χ4n) is 1.39. The van der Waals surface area contributed by atoms with Crippen molar-refractivity contribution < 1.29 is 9.76 Å². The summed E-state index contributed by atoms with van der Waals surface area (Å²) in [5.41, 5.74) is 0.0393. The topological polar surface area (TPSA) is 78.2 Å². The summed E-state index contributed by atoms with van der Waals surface area (Å²) in [6.07, 6.45) is 1.74. The summed E-state index contributed by atoms with van der Waals surface area (Å²) in [6, 6.07) is 1.87. The van der Waals surface area contributed by atoms with Crippen LogP contribution >= 0.6 is 0 Å². The normalized spacial score (nSPS) is 12.2. The molecule has 1 aromatic heterocycles. The summed E-state index contributed by atoms with van der Waals surface area (Å²) >= 11 is 0. The van der Waals surface area contributed by atoms with Gasteiger partial charge in [0.25, 0.3) is 0 Å². The molecule has 0 amide bonds. The number of aryl methyl sites for hydroxylation is 1. The number of aromatic nitrogens is 1. The highest BCUT2D eigenvalue weighted by Gasteiger charge is 2.36. The molecule has 0 fully saturated rings. The molecule has 0 atom stereocenters. The molecule has 0 bridgehead atoms. The summed E-state index contributed by atoms with van der Waals surface area (Å²) in [4.78, 5) is 4.23. The standard InChI is InChI=1S/C14H23BN3O2/c1-9-7-10(12(17-6)18-8-9)11(16)15-20-14(4,5)13(2,3)19/h7-8,16,19H,1-6H3,(H,17,18). The number of nitrogens with zero attached hydrogens (tertiary/aromatic N) is 1. The van der Waals surface area contributed by atoms with Crippen molar-refractivity contribution in [3.05, 3.63) is 23.4 Å². The fraction of sp³-hybridized carbons (Fsp3) is 0.571. The quantitative estimate of drug-likeness (QED) is 0.548. The molecule has 5 nitrogen and oxygen atoms in total. The molecular weight excluding hydrogens is 253 g/mol. The second-order valence-corrected chi connectivity index (χ2v) is 5.88. The monoisotopic (exact) mass is 276 g/mol. The second kappa shape index (κ2) is 5.93. The van der Waals surface area contributed by atoms with Crippen LogP contribution in [0.5, 0.6) is 0 Å². The summed E-state index contributed by atoms with van der Waals surface area (Å²) in [6.45, 7) is 8.84. The maximum atomic E-state index is 10.0. The Hall–Kier alpha value is -1.40. The van der Waals surface area contributed by atoms with E-state index in [1.807, 2.05) is 13.0 Å². The highest BCUT2D eigenvalue weighted by Crippen LogP contribution is 2.25. The number of pyridine rings is 1. The lowest BCUT2D eigenvalue weighted by atomic mass is 9.81. The summed E-state index contributed by atoms with van der Waals surface area (Å²) in [7, 11) is 3.12. The molecule has 0 spiro atoms. The molecule has 1 aromatic rings. The molecule has 0 aliphatic heterocycles. The van der Waals surface area contributed by atoms with E-state index in [-0.39, 0.29) is 5.61 Å². The molecule has 1 radical (unpaired) electrons. The van der Waals surface area contributed by atoms with Crippen molar-refractivity contribution in [3.63, 3.8) is 0 Å². The van der Waals surface area contributed by atoms with Gasteiger partial charge in [0.2, 0.25) is 0 Å². The van der Waals surface area contributed by atoms with Gasteiger partial charge in [0, 0.05) is 24.4 Å². The van der Waals surface area contributed by atoms with Crippen molar-refractivity contribution in [1.82, 2.24) is 4.98 Å². The van der Waals surface area contributed by atoms with E-state index in [4.69, 9.17) is 10.1 Å². The van der Waals surface area contributed by atoms with Crippen molar-refractivity contribution >= 4 is 18.9 Å². The van der Waals surface area contributed by atoms with Crippen molar-refractivity contribution in [2.24, 2.45) is 0 Å². The van der Waals surface area contributed by atoms with Gasteiger partial charge in [-0.2, -0.15) is 0 Å². The van der Waals surface area contributed by atoms with Gasteiger partial charge < -0.3 is 20.5 Å². The Morgan fingerprint density at radius 1 is 1.40 bits per heavy atom. The van der Waals surface area contributed by atoms with Gasteiger partial charge in [0.05, 0.1) is 11.2 Å². The first-order valence-electron chi connectivity index (χ1n) is 6.55. The van der Waals surface area contributed by atoms with Crippen LogP contribution in [0.3, 0.4) is 0 Å². The maximum absolute atomic E-state index is 10.0. The van der Waals surface area contributed by atoms with E-state index in [2.05, 4.69) is 10.3 Å². The number of hydrogen-bond acceptors (Lipinski definition) is 5. The molecule has 6 heteroatoms. The Morgan fingerprint density at radius 3 is 2.50 bits per heavy atom. The van der Waals surface area contributed by atoms with Crippen LogP contribution < -0.4 is 5.32 Å². The summed E-state index contributed by atoms with van der Waals surface area (Å²) in [5.74, 6) is 0.626. The van der Waals surface area contributed by atoms with E-state index in [0.717, 1.165) is 5.56 Å². The Balaban J connectivity index is 2.85. The van der Waals surface area contributed by atoms with Gasteiger partial charge in [0.15, 0.2) is 0 Å². The third kappa shape index (κ3) is 3.80. The summed E-state index contributed by atoms with van der Waals surface area (Å²) in [5, 5.41) is 21.1. The summed E-state index contributed by atoms with van der Waals surface area (Å²) < 4.78 is 5.59. The highest BCUT2D eigenvalue weighted by atomic mass is 16.5. The van der Waals surface area contributed by atoms with Crippen molar-refractivity contribution in [2.75, 3.05) is 12.4 Å². The van der Waals surface area contributed by atoms with Gasteiger partial charge in [-0.15, -0.1) is 0 Å². The molecule has 0 aromatic carbocycles. The third-order valence-electron chi connectivity index (χ3n) is 3.50. The van der Waals surface area contributed by atoms with E-state index in [0.29, 0.717) is 11.4 Å². The number of hydrogen-bond donors (Lipinski definition) is 3. The molecule has 20 heavy (non-hydrogen) atoms. The van der Waals surface area contributed by atoms with Crippen LogP contribution in [0.25, 0.3) is 0 Å². The minimum atomic E-state index is -1.01. The largest absolute Gasteiger partial charge is 0.425 e. The van der Waals surface area contributed by atoms with E-state index < -0.39 is 11.2 Å². The fourth-order valence-corrected chi connectivity index (χ4v) is 1.39. The van der Waals surface area contributed by atoms with Crippen molar-refractivity contribution in [2.45, 2.75) is 45.8 Å². The molecule has 0 unspecified atom stereocenters. The second-order valence-electron chi connectivity index (χ2n) is 5.88. The lowest BCUT2D eigenvalue weighted by molar-refractivity contribution is -0.0890.